The highest BCUT2D eigenvalue weighted by Crippen LogP contribution is 2.34. The largest absolute Gasteiger partial charge is 0.279 e. The molecule has 0 spiro atoms. The summed E-state index contributed by atoms with van der Waals surface area (Å²) < 4.78 is 14.6. The minimum absolute atomic E-state index is 0.267. The van der Waals surface area contributed by atoms with Crippen LogP contribution in [0.15, 0.2) is 60.9 Å². The van der Waals surface area contributed by atoms with E-state index in [4.69, 9.17) is 11.6 Å². The molecular weight excluding hydrogens is 397 g/mol. The molecule has 2 heterocycles. The van der Waals surface area contributed by atoms with E-state index in [9.17, 15) is 9.18 Å². The van der Waals surface area contributed by atoms with Gasteiger partial charge in [0.15, 0.2) is 5.13 Å². The molecule has 1 amide bonds. The predicted molar refractivity (Wildman–Crippen MR) is 111 cm³/mol. The number of hydrogen-bond donors (Lipinski definition) is 0. The van der Waals surface area contributed by atoms with Crippen molar-refractivity contribution in [3.63, 3.8) is 0 Å². The van der Waals surface area contributed by atoms with E-state index < -0.39 is 5.82 Å². The lowest BCUT2D eigenvalue weighted by Crippen LogP contribution is -2.30. The molecule has 4 aromatic rings. The number of fused-ring (bicyclic) bond motifs is 1. The number of thiazole rings is 1. The van der Waals surface area contributed by atoms with Crippen molar-refractivity contribution in [1.29, 1.82) is 0 Å². The highest BCUT2D eigenvalue weighted by molar-refractivity contribution is 7.22. The van der Waals surface area contributed by atoms with Gasteiger partial charge < -0.3 is 0 Å². The average molecular weight is 412 g/mol. The molecule has 2 aromatic heterocycles. The summed E-state index contributed by atoms with van der Waals surface area (Å²) in [6.45, 7) is 2.23. The van der Waals surface area contributed by atoms with Crippen LogP contribution in [0.25, 0.3) is 10.2 Å². The van der Waals surface area contributed by atoms with E-state index in [1.54, 1.807) is 23.4 Å². The third-order valence-electron chi connectivity index (χ3n) is 4.28. The second kappa shape index (κ2) is 7.66. The van der Waals surface area contributed by atoms with Crippen molar-refractivity contribution in [2.24, 2.45) is 0 Å². The molecule has 0 atom stereocenters. The van der Waals surface area contributed by atoms with E-state index in [2.05, 4.69) is 9.97 Å². The fourth-order valence-electron chi connectivity index (χ4n) is 2.93. The number of aromatic nitrogens is 2. The standard InChI is InChI=1S/C21H15ClFN3OS/c1-13-9-16(22)11-18-19(13)25-21(28-18)26(12-14-5-7-24-8-6-14)20(27)15-3-2-4-17(23)10-15/h2-11H,12H2,1H3. The molecule has 0 aliphatic carbocycles. The van der Waals surface area contributed by atoms with Crippen LogP contribution in [0.2, 0.25) is 5.02 Å². The van der Waals surface area contributed by atoms with Crippen molar-refractivity contribution in [3.8, 4) is 0 Å². The van der Waals surface area contributed by atoms with E-state index in [-0.39, 0.29) is 11.5 Å². The van der Waals surface area contributed by atoms with Crippen molar-refractivity contribution < 1.29 is 9.18 Å². The van der Waals surface area contributed by atoms with Crippen LogP contribution in [-0.4, -0.2) is 15.9 Å². The fourth-order valence-corrected chi connectivity index (χ4v) is 4.35. The summed E-state index contributed by atoms with van der Waals surface area (Å²) in [5, 5.41) is 1.16. The number of halogens is 2. The maximum atomic E-state index is 13.7. The Labute approximate surface area is 170 Å². The average Bonchev–Trinajstić information content (AvgIpc) is 3.10. The van der Waals surface area contributed by atoms with Gasteiger partial charge in [0.2, 0.25) is 0 Å². The first kappa shape index (κ1) is 18.5. The van der Waals surface area contributed by atoms with Crippen molar-refractivity contribution >= 4 is 44.2 Å². The van der Waals surface area contributed by atoms with Gasteiger partial charge in [-0.3, -0.25) is 14.7 Å². The van der Waals surface area contributed by atoms with Crippen molar-refractivity contribution in [2.75, 3.05) is 4.90 Å². The minimum atomic E-state index is -0.457. The summed E-state index contributed by atoms with van der Waals surface area (Å²) in [4.78, 5) is 23.5. The molecule has 0 aliphatic heterocycles. The first-order valence-electron chi connectivity index (χ1n) is 8.54. The summed E-state index contributed by atoms with van der Waals surface area (Å²) >= 11 is 7.55. The third-order valence-corrected chi connectivity index (χ3v) is 5.52. The van der Waals surface area contributed by atoms with E-state index in [1.807, 2.05) is 31.2 Å². The molecule has 0 unspecified atom stereocenters. The summed E-state index contributed by atoms with van der Waals surface area (Å²) in [7, 11) is 0. The molecular formula is C21H15ClFN3OS. The molecule has 2 aromatic carbocycles. The van der Waals surface area contributed by atoms with Gasteiger partial charge in [-0.15, -0.1) is 0 Å². The van der Waals surface area contributed by atoms with Crippen molar-refractivity contribution in [1.82, 2.24) is 9.97 Å². The molecule has 0 saturated carbocycles. The van der Waals surface area contributed by atoms with E-state index in [1.165, 1.54) is 29.5 Å². The maximum absolute atomic E-state index is 13.7. The van der Waals surface area contributed by atoms with Crippen LogP contribution in [0.1, 0.15) is 21.5 Å². The number of rotatable bonds is 4. The van der Waals surface area contributed by atoms with Crippen molar-refractivity contribution in [2.45, 2.75) is 13.5 Å². The zero-order valence-corrected chi connectivity index (χ0v) is 16.5. The molecule has 4 rings (SSSR count). The molecule has 0 N–H and O–H groups in total. The molecule has 0 saturated heterocycles. The van der Waals surface area contributed by atoms with Crippen LogP contribution >= 0.6 is 22.9 Å². The van der Waals surface area contributed by atoms with E-state index in [0.717, 1.165) is 21.3 Å². The Bertz CT molecular complexity index is 1160. The highest BCUT2D eigenvalue weighted by Gasteiger charge is 2.22. The van der Waals surface area contributed by atoms with Gasteiger partial charge in [-0.1, -0.05) is 29.0 Å². The number of anilines is 1. The van der Waals surface area contributed by atoms with Gasteiger partial charge in [-0.05, 0) is 60.5 Å². The molecule has 0 radical (unpaired) electrons. The second-order valence-electron chi connectivity index (χ2n) is 6.32. The van der Waals surface area contributed by atoms with Crippen LogP contribution in [0.5, 0.6) is 0 Å². The number of benzene rings is 2. The number of pyridine rings is 1. The quantitative estimate of drug-likeness (QED) is 0.436. The lowest BCUT2D eigenvalue weighted by Gasteiger charge is -2.20. The Balaban J connectivity index is 1.80. The molecule has 28 heavy (non-hydrogen) atoms. The van der Waals surface area contributed by atoms with Crippen LogP contribution in [-0.2, 0) is 6.54 Å². The highest BCUT2D eigenvalue weighted by atomic mass is 35.5. The minimum Gasteiger partial charge on any atom is -0.279 e. The second-order valence-corrected chi connectivity index (χ2v) is 7.77. The van der Waals surface area contributed by atoms with Gasteiger partial charge in [-0.2, -0.15) is 0 Å². The summed E-state index contributed by atoms with van der Waals surface area (Å²) in [6.07, 6.45) is 3.34. The Hall–Kier alpha value is -2.83. The number of amides is 1. The molecule has 0 aliphatic rings. The van der Waals surface area contributed by atoms with Gasteiger partial charge in [0, 0.05) is 23.0 Å². The Morgan fingerprint density at radius 1 is 1.18 bits per heavy atom. The molecule has 7 heteroatoms. The smallest absolute Gasteiger partial charge is 0.260 e. The zero-order chi connectivity index (χ0) is 19.7. The van der Waals surface area contributed by atoms with Crippen LogP contribution in [0.3, 0.4) is 0 Å². The van der Waals surface area contributed by atoms with Gasteiger partial charge in [0.25, 0.3) is 5.91 Å². The van der Waals surface area contributed by atoms with Crippen LogP contribution in [0.4, 0.5) is 9.52 Å². The Morgan fingerprint density at radius 3 is 2.71 bits per heavy atom. The number of carbonyl (C=O) groups excluding carboxylic acids is 1. The van der Waals surface area contributed by atoms with Crippen LogP contribution < -0.4 is 4.90 Å². The first-order valence-corrected chi connectivity index (χ1v) is 9.74. The molecule has 4 nitrogen and oxygen atoms in total. The van der Waals surface area contributed by atoms with Crippen LogP contribution in [0, 0.1) is 12.7 Å². The Kier molecular flexibility index (Phi) is 5.07. The third kappa shape index (κ3) is 3.74. The number of hydrogen-bond acceptors (Lipinski definition) is 4. The van der Waals surface area contributed by atoms with Gasteiger partial charge in [0.1, 0.15) is 5.82 Å². The van der Waals surface area contributed by atoms with Crippen molar-refractivity contribution in [3.05, 3.63) is 88.5 Å². The predicted octanol–water partition coefficient (Wildman–Crippen LogP) is 5.64. The maximum Gasteiger partial charge on any atom is 0.260 e. The number of nitrogens with zero attached hydrogens (tertiary/aromatic N) is 3. The normalized spacial score (nSPS) is 11.0. The monoisotopic (exact) mass is 411 g/mol. The molecule has 140 valence electrons. The summed E-state index contributed by atoms with van der Waals surface area (Å²) in [6, 6.07) is 13.0. The molecule has 0 bridgehead atoms. The lowest BCUT2D eigenvalue weighted by molar-refractivity contribution is 0.0984. The SMILES string of the molecule is Cc1cc(Cl)cc2sc(N(Cc3ccncc3)C(=O)c3cccc(F)c3)nc12. The van der Waals surface area contributed by atoms with Gasteiger partial charge >= 0.3 is 0 Å². The van der Waals surface area contributed by atoms with E-state index >= 15 is 0 Å². The zero-order valence-electron chi connectivity index (χ0n) is 14.9. The summed E-state index contributed by atoms with van der Waals surface area (Å²) in [5.41, 5.74) is 2.90. The number of aryl methyl sites for hydroxylation is 1. The van der Waals surface area contributed by atoms with Gasteiger partial charge in [0.05, 0.1) is 16.8 Å². The first-order chi connectivity index (χ1) is 13.5. The Morgan fingerprint density at radius 2 is 1.96 bits per heavy atom. The van der Waals surface area contributed by atoms with Gasteiger partial charge in [-0.25, -0.2) is 9.37 Å². The number of carbonyl (C=O) groups is 1. The topological polar surface area (TPSA) is 46.1 Å². The molecule has 0 fully saturated rings. The summed E-state index contributed by atoms with van der Waals surface area (Å²) in [5.74, 6) is -0.777. The van der Waals surface area contributed by atoms with E-state index in [0.29, 0.717) is 16.7 Å². The fraction of sp³-hybridized carbons (Fsp3) is 0.0952. The lowest BCUT2D eigenvalue weighted by atomic mass is 10.2.